The van der Waals surface area contributed by atoms with Gasteiger partial charge in [-0.05, 0) is 40.8 Å². The molecular weight excluding hydrogens is 435 g/mol. The number of carbonyl (C=O) groups is 2. The van der Waals surface area contributed by atoms with Crippen LogP contribution in [0.1, 0.15) is 47.6 Å². The van der Waals surface area contributed by atoms with Crippen LogP contribution in [0.3, 0.4) is 0 Å². The molecule has 1 aliphatic heterocycles. The minimum absolute atomic E-state index is 0.0280. The SMILES string of the molecule is CC(C)(C)c1ccc(C(=O)N2C(C(=O)Nc3ccccc3F)CSC2c2ccccc2)cc1. The van der Waals surface area contributed by atoms with Crippen LogP contribution in [0.15, 0.2) is 78.9 Å². The summed E-state index contributed by atoms with van der Waals surface area (Å²) in [7, 11) is 0. The number of halogens is 1. The minimum atomic E-state index is -0.727. The molecule has 170 valence electrons. The van der Waals surface area contributed by atoms with Gasteiger partial charge in [0.15, 0.2) is 0 Å². The Morgan fingerprint density at radius 2 is 1.58 bits per heavy atom. The molecule has 1 aliphatic rings. The van der Waals surface area contributed by atoms with Crippen molar-refractivity contribution in [3.8, 4) is 0 Å². The van der Waals surface area contributed by atoms with Gasteiger partial charge in [0, 0.05) is 11.3 Å². The highest BCUT2D eigenvalue weighted by Gasteiger charge is 2.42. The molecule has 1 saturated heterocycles. The number of thioether (sulfide) groups is 1. The molecule has 4 nitrogen and oxygen atoms in total. The lowest BCUT2D eigenvalue weighted by molar-refractivity contribution is -0.119. The Labute approximate surface area is 198 Å². The summed E-state index contributed by atoms with van der Waals surface area (Å²) in [6, 6.07) is 22.5. The van der Waals surface area contributed by atoms with E-state index in [1.165, 1.54) is 23.9 Å². The number of hydrogen-bond donors (Lipinski definition) is 1. The fraction of sp³-hybridized carbons (Fsp3) is 0.259. The van der Waals surface area contributed by atoms with Crippen molar-refractivity contribution in [1.82, 2.24) is 4.90 Å². The number of carbonyl (C=O) groups excluding carboxylic acids is 2. The summed E-state index contributed by atoms with van der Waals surface area (Å²) in [5, 5.41) is 2.36. The third kappa shape index (κ3) is 4.96. The van der Waals surface area contributed by atoms with Gasteiger partial charge < -0.3 is 10.2 Å². The second-order valence-corrected chi connectivity index (χ2v) is 10.2. The molecule has 1 heterocycles. The Morgan fingerprint density at radius 3 is 2.21 bits per heavy atom. The summed E-state index contributed by atoms with van der Waals surface area (Å²) in [6.45, 7) is 6.36. The van der Waals surface area contributed by atoms with Crippen LogP contribution < -0.4 is 5.32 Å². The Kier molecular flexibility index (Phi) is 6.56. The monoisotopic (exact) mass is 462 g/mol. The topological polar surface area (TPSA) is 49.4 Å². The molecule has 2 atom stereocenters. The van der Waals surface area contributed by atoms with Gasteiger partial charge in [0.2, 0.25) is 5.91 Å². The molecule has 6 heteroatoms. The number of nitrogens with zero attached hydrogens (tertiary/aromatic N) is 1. The number of nitrogens with one attached hydrogen (secondary N) is 1. The van der Waals surface area contributed by atoms with Gasteiger partial charge in [0.05, 0.1) is 5.69 Å². The molecule has 4 rings (SSSR count). The third-order valence-corrected chi connectivity index (χ3v) is 7.08. The second kappa shape index (κ2) is 9.40. The van der Waals surface area contributed by atoms with E-state index in [1.807, 2.05) is 54.6 Å². The lowest BCUT2D eigenvalue weighted by Gasteiger charge is -2.29. The molecule has 1 N–H and O–H groups in total. The van der Waals surface area contributed by atoms with Gasteiger partial charge in [-0.2, -0.15) is 0 Å². The maximum atomic E-state index is 14.1. The first-order valence-corrected chi connectivity index (χ1v) is 12.0. The highest BCUT2D eigenvalue weighted by atomic mass is 32.2. The van der Waals surface area contributed by atoms with Crippen LogP contribution in [0, 0.1) is 5.82 Å². The number of anilines is 1. The first-order chi connectivity index (χ1) is 15.8. The van der Waals surface area contributed by atoms with Crippen molar-refractivity contribution >= 4 is 29.3 Å². The van der Waals surface area contributed by atoms with Crippen molar-refractivity contribution in [2.75, 3.05) is 11.1 Å². The zero-order valence-corrected chi connectivity index (χ0v) is 19.7. The maximum Gasteiger partial charge on any atom is 0.255 e. The summed E-state index contributed by atoms with van der Waals surface area (Å²) in [5.41, 5.74) is 2.68. The van der Waals surface area contributed by atoms with Crippen LogP contribution in [0.2, 0.25) is 0 Å². The van der Waals surface area contributed by atoms with E-state index in [-0.39, 0.29) is 22.4 Å². The smallest absolute Gasteiger partial charge is 0.255 e. The Hall–Kier alpha value is -3.12. The molecule has 33 heavy (non-hydrogen) atoms. The Bertz CT molecular complexity index is 1140. The predicted molar refractivity (Wildman–Crippen MR) is 132 cm³/mol. The van der Waals surface area contributed by atoms with Gasteiger partial charge in [0.25, 0.3) is 5.91 Å². The normalized spacial score (nSPS) is 18.2. The average Bonchev–Trinajstić information content (AvgIpc) is 3.25. The molecule has 3 aromatic rings. The molecule has 0 spiro atoms. The van der Waals surface area contributed by atoms with Crippen molar-refractivity contribution < 1.29 is 14.0 Å². The van der Waals surface area contributed by atoms with Gasteiger partial charge in [-0.3, -0.25) is 9.59 Å². The molecule has 3 aromatic carbocycles. The first kappa shape index (κ1) is 23.1. The molecule has 2 unspecified atom stereocenters. The van der Waals surface area contributed by atoms with Crippen molar-refractivity contribution in [3.05, 3.63) is 101 Å². The number of para-hydroxylation sites is 1. The van der Waals surface area contributed by atoms with Gasteiger partial charge in [0.1, 0.15) is 17.2 Å². The highest BCUT2D eigenvalue weighted by Crippen LogP contribution is 2.42. The van der Waals surface area contributed by atoms with Gasteiger partial charge in [-0.15, -0.1) is 11.8 Å². The average molecular weight is 463 g/mol. The number of rotatable bonds is 4. The van der Waals surface area contributed by atoms with E-state index in [0.29, 0.717) is 11.3 Å². The predicted octanol–water partition coefficient (Wildman–Crippen LogP) is 6.02. The lowest BCUT2D eigenvalue weighted by Crippen LogP contribution is -2.45. The lowest BCUT2D eigenvalue weighted by atomic mass is 9.86. The van der Waals surface area contributed by atoms with Crippen LogP contribution in [-0.4, -0.2) is 28.5 Å². The third-order valence-electron chi connectivity index (χ3n) is 5.75. The maximum absolute atomic E-state index is 14.1. The van der Waals surface area contributed by atoms with E-state index in [1.54, 1.807) is 17.0 Å². The summed E-state index contributed by atoms with van der Waals surface area (Å²) < 4.78 is 14.1. The summed E-state index contributed by atoms with van der Waals surface area (Å²) >= 11 is 1.54. The number of amides is 2. The van der Waals surface area contributed by atoms with Gasteiger partial charge in [-0.1, -0.05) is 75.4 Å². The quantitative estimate of drug-likeness (QED) is 0.516. The molecule has 0 saturated carbocycles. The van der Waals surface area contributed by atoms with Gasteiger partial charge in [-0.25, -0.2) is 4.39 Å². The minimum Gasteiger partial charge on any atom is -0.322 e. The largest absolute Gasteiger partial charge is 0.322 e. The molecule has 1 fully saturated rings. The summed E-state index contributed by atoms with van der Waals surface area (Å²) in [4.78, 5) is 28.5. The number of benzene rings is 3. The molecule has 0 aromatic heterocycles. The molecule has 0 aliphatic carbocycles. The van der Waals surface area contributed by atoms with E-state index in [9.17, 15) is 14.0 Å². The Morgan fingerprint density at radius 1 is 0.939 bits per heavy atom. The van der Waals surface area contributed by atoms with Crippen LogP contribution in [0.25, 0.3) is 0 Å². The van der Waals surface area contributed by atoms with Crippen molar-refractivity contribution in [1.29, 1.82) is 0 Å². The first-order valence-electron chi connectivity index (χ1n) is 10.9. The zero-order valence-electron chi connectivity index (χ0n) is 18.9. The fourth-order valence-electron chi connectivity index (χ4n) is 3.87. The van der Waals surface area contributed by atoms with E-state index in [4.69, 9.17) is 0 Å². The van der Waals surface area contributed by atoms with Crippen LogP contribution in [0.4, 0.5) is 10.1 Å². The van der Waals surface area contributed by atoms with E-state index in [2.05, 4.69) is 26.1 Å². The molecule has 0 bridgehead atoms. The number of hydrogen-bond acceptors (Lipinski definition) is 3. The van der Waals surface area contributed by atoms with Gasteiger partial charge >= 0.3 is 0 Å². The molecule has 2 amide bonds. The molecular formula is C27H27FN2O2S. The van der Waals surface area contributed by atoms with Crippen molar-refractivity contribution in [2.24, 2.45) is 0 Å². The highest BCUT2D eigenvalue weighted by molar-refractivity contribution is 7.99. The van der Waals surface area contributed by atoms with Crippen LogP contribution in [-0.2, 0) is 10.2 Å². The molecule has 0 radical (unpaired) electrons. The van der Waals surface area contributed by atoms with Crippen LogP contribution >= 0.6 is 11.8 Å². The van der Waals surface area contributed by atoms with Crippen LogP contribution in [0.5, 0.6) is 0 Å². The van der Waals surface area contributed by atoms with Crippen molar-refractivity contribution in [2.45, 2.75) is 37.6 Å². The summed E-state index contributed by atoms with van der Waals surface area (Å²) in [5.74, 6) is -0.702. The Balaban J connectivity index is 1.66. The zero-order chi connectivity index (χ0) is 23.6. The van der Waals surface area contributed by atoms with Crippen molar-refractivity contribution in [3.63, 3.8) is 0 Å². The van der Waals surface area contributed by atoms with E-state index in [0.717, 1.165) is 11.1 Å². The van der Waals surface area contributed by atoms with E-state index >= 15 is 0 Å². The second-order valence-electron chi connectivity index (χ2n) is 9.12. The van der Waals surface area contributed by atoms with E-state index < -0.39 is 17.8 Å². The fourth-order valence-corrected chi connectivity index (χ4v) is 5.30. The standard InChI is InChI=1S/C27H27FN2O2S/c1-27(2,3)20-15-13-18(14-16-20)25(32)30-23(17-33-26(30)19-9-5-4-6-10-19)24(31)29-22-12-8-7-11-21(22)28/h4-16,23,26H,17H2,1-3H3,(H,29,31). The summed E-state index contributed by atoms with van der Waals surface area (Å²) in [6.07, 6.45) is 0.